The molecule has 88 valence electrons. The van der Waals surface area contributed by atoms with Crippen molar-refractivity contribution in [2.45, 2.75) is 26.2 Å². The van der Waals surface area contributed by atoms with Crippen molar-refractivity contribution < 1.29 is 4.79 Å². The highest BCUT2D eigenvalue weighted by Crippen LogP contribution is 2.14. The van der Waals surface area contributed by atoms with Crippen LogP contribution in [0.15, 0.2) is 0 Å². The molecule has 0 aromatic heterocycles. The maximum Gasteiger partial charge on any atom is 0.221 e. The minimum Gasteiger partial charge on any atom is -0.355 e. The topological polar surface area (TPSA) is 58.4 Å². The second kappa shape index (κ2) is 6.80. The molecule has 0 aromatic carbocycles. The molecule has 0 spiro atoms. The molecule has 3 N–H and O–H groups in total. The number of likely N-dealkylation sites (tertiary alicyclic amines) is 1. The van der Waals surface area contributed by atoms with Gasteiger partial charge in [-0.1, -0.05) is 6.92 Å². The summed E-state index contributed by atoms with van der Waals surface area (Å²) in [5.41, 5.74) is 5.29. The summed E-state index contributed by atoms with van der Waals surface area (Å²) < 4.78 is 0. The minimum atomic E-state index is 0.0718. The zero-order valence-electron chi connectivity index (χ0n) is 9.67. The van der Waals surface area contributed by atoms with Gasteiger partial charge in [0.2, 0.25) is 5.91 Å². The van der Waals surface area contributed by atoms with Crippen molar-refractivity contribution >= 4 is 5.91 Å². The average molecular weight is 213 g/mol. The molecule has 15 heavy (non-hydrogen) atoms. The smallest absolute Gasteiger partial charge is 0.221 e. The fourth-order valence-corrected chi connectivity index (χ4v) is 2.06. The van der Waals surface area contributed by atoms with E-state index in [0.717, 1.165) is 19.0 Å². The van der Waals surface area contributed by atoms with E-state index in [1.54, 1.807) is 0 Å². The van der Waals surface area contributed by atoms with E-state index in [2.05, 4.69) is 17.1 Å². The van der Waals surface area contributed by atoms with Gasteiger partial charge in [0, 0.05) is 32.6 Å². The first-order valence-corrected chi connectivity index (χ1v) is 5.91. The number of hydrogen-bond acceptors (Lipinski definition) is 3. The molecule has 4 heteroatoms. The van der Waals surface area contributed by atoms with Crippen LogP contribution in [0.4, 0.5) is 0 Å². The second-order valence-electron chi connectivity index (χ2n) is 4.44. The Hall–Kier alpha value is -0.610. The third-order valence-corrected chi connectivity index (χ3v) is 2.86. The maximum atomic E-state index is 11.1. The van der Waals surface area contributed by atoms with E-state index in [1.165, 1.54) is 25.9 Å². The monoisotopic (exact) mass is 213 g/mol. The zero-order chi connectivity index (χ0) is 11.1. The van der Waals surface area contributed by atoms with E-state index in [4.69, 9.17) is 5.73 Å². The number of piperidine rings is 1. The number of carbonyl (C=O) groups excluding carboxylic acids is 1. The van der Waals surface area contributed by atoms with Gasteiger partial charge in [0.15, 0.2) is 0 Å². The molecular formula is C11H23N3O. The minimum absolute atomic E-state index is 0.0718. The highest BCUT2D eigenvalue weighted by molar-refractivity contribution is 5.75. The van der Waals surface area contributed by atoms with Crippen molar-refractivity contribution in [2.75, 3.05) is 32.7 Å². The number of nitrogens with zero attached hydrogens (tertiary/aromatic N) is 1. The Morgan fingerprint density at radius 1 is 1.60 bits per heavy atom. The number of rotatable bonds is 5. The maximum absolute atomic E-state index is 11.1. The Bertz CT molecular complexity index is 196. The highest BCUT2D eigenvalue weighted by Gasteiger charge is 2.15. The summed E-state index contributed by atoms with van der Waals surface area (Å²) in [5.74, 6) is 0.876. The predicted octanol–water partition coefficient (Wildman–Crippen LogP) is 0.183. The predicted molar refractivity (Wildman–Crippen MR) is 61.5 cm³/mol. The highest BCUT2D eigenvalue weighted by atomic mass is 16.1. The quantitative estimate of drug-likeness (QED) is 0.685. The van der Waals surface area contributed by atoms with Crippen molar-refractivity contribution in [1.29, 1.82) is 0 Å². The number of nitrogens with one attached hydrogen (secondary N) is 1. The fraction of sp³-hybridized carbons (Fsp3) is 0.909. The number of amides is 1. The van der Waals surface area contributed by atoms with Gasteiger partial charge in [-0.05, 0) is 25.3 Å². The molecule has 0 aromatic rings. The molecule has 1 fully saturated rings. The van der Waals surface area contributed by atoms with Crippen molar-refractivity contribution in [2.24, 2.45) is 11.7 Å². The molecule has 1 amide bonds. The van der Waals surface area contributed by atoms with Gasteiger partial charge in [-0.25, -0.2) is 0 Å². The zero-order valence-corrected chi connectivity index (χ0v) is 9.67. The van der Waals surface area contributed by atoms with Crippen LogP contribution in [0, 0.1) is 5.92 Å². The summed E-state index contributed by atoms with van der Waals surface area (Å²) in [4.78, 5) is 13.6. The molecule has 1 saturated heterocycles. The van der Waals surface area contributed by atoms with Crippen LogP contribution >= 0.6 is 0 Å². The largest absolute Gasteiger partial charge is 0.355 e. The Kier molecular flexibility index (Phi) is 5.65. The number of carbonyl (C=O) groups is 1. The average Bonchev–Trinajstić information content (AvgIpc) is 2.18. The molecular weight excluding hydrogens is 190 g/mol. The van der Waals surface area contributed by atoms with Gasteiger partial charge in [-0.2, -0.15) is 0 Å². The van der Waals surface area contributed by atoms with Gasteiger partial charge >= 0.3 is 0 Å². The Labute approximate surface area is 92.2 Å². The molecule has 4 nitrogen and oxygen atoms in total. The van der Waals surface area contributed by atoms with Crippen LogP contribution in [0.5, 0.6) is 0 Å². The molecule has 0 saturated carbocycles. The van der Waals surface area contributed by atoms with Crippen molar-refractivity contribution in [3.05, 3.63) is 0 Å². The van der Waals surface area contributed by atoms with Gasteiger partial charge in [-0.3, -0.25) is 4.79 Å². The second-order valence-corrected chi connectivity index (χ2v) is 4.44. The van der Waals surface area contributed by atoms with Crippen molar-refractivity contribution in [1.82, 2.24) is 10.2 Å². The van der Waals surface area contributed by atoms with Gasteiger partial charge in [0.1, 0.15) is 0 Å². The first-order valence-electron chi connectivity index (χ1n) is 5.91. The first-order chi connectivity index (χ1) is 7.22. The molecule has 1 aliphatic rings. The van der Waals surface area contributed by atoms with E-state index in [9.17, 15) is 4.79 Å². The fourth-order valence-electron chi connectivity index (χ4n) is 2.06. The number of nitrogens with two attached hydrogens (primary N) is 1. The van der Waals surface area contributed by atoms with Gasteiger partial charge < -0.3 is 16.0 Å². The van der Waals surface area contributed by atoms with E-state index in [-0.39, 0.29) is 5.91 Å². The third-order valence-electron chi connectivity index (χ3n) is 2.86. The lowest BCUT2D eigenvalue weighted by Crippen LogP contribution is -2.40. The van der Waals surface area contributed by atoms with Crippen LogP contribution in [-0.4, -0.2) is 43.5 Å². The van der Waals surface area contributed by atoms with E-state index in [0.29, 0.717) is 13.0 Å². The standard InChI is InChI=1S/C11H23N3O/c1-10-3-2-7-14(9-10)8-6-13-11(15)4-5-12/h10H,2-9,12H2,1H3,(H,13,15). The van der Waals surface area contributed by atoms with E-state index in [1.807, 2.05) is 0 Å². The summed E-state index contributed by atoms with van der Waals surface area (Å²) in [6.07, 6.45) is 3.07. The van der Waals surface area contributed by atoms with Gasteiger partial charge in [0.05, 0.1) is 0 Å². The van der Waals surface area contributed by atoms with Crippen LogP contribution in [0.3, 0.4) is 0 Å². The lowest BCUT2D eigenvalue weighted by atomic mass is 10.0. The summed E-state index contributed by atoms with van der Waals surface area (Å²) in [5, 5.41) is 2.89. The van der Waals surface area contributed by atoms with E-state index >= 15 is 0 Å². The lowest BCUT2D eigenvalue weighted by Gasteiger charge is -2.30. The van der Waals surface area contributed by atoms with Gasteiger partial charge in [0.25, 0.3) is 0 Å². The molecule has 1 heterocycles. The van der Waals surface area contributed by atoms with Crippen LogP contribution in [0.25, 0.3) is 0 Å². The summed E-state index contributed by atoms with van der Waals surface area (Å²) in [6.45, 7) is 6.81. The molecule has 1 aliphatic heterocycles. The molecule has 1 rings (SSSR count). The SMILES string of the molecule is CC1CCCN(CCNC(=O)CCN)C1. The molecule has 0 bridgehead atoms. The Morgan fingerprint density at radius 3 is 3.07 bits per heavy atom. The number of hydrogen-bond donors (Lipinski definition) is 2. The molecule has 0 radical (unpaired) electrons. The Morgan fingerprint density at radius 2 is 2.40 bits per heavy atom. The van der Waals surface area contributed by atoms with Crippen LogP contribution in [0.1, 0.15) is 26.2 Å². The molecule has 1 unspecified atom stereocenters. The third kappa shape index (κ3) is 5.14. The van der Waals surface area contributed by atoms with Crippen LogP contribution in [-0.2, 0) is 4.79 Å². The summed E-state index contributed by atoms with van der Waals surface area (Å²) >= 11 is 0. The van der Waals surface area contributed by atoms with Crippen molar-refractivity contribution in [3.63, 3.8) is 0 Å². The summed E-state index contributed by atoms with van der Waals surface area (Å²) in [6, 6.07) is 0. The summed E-state index contributed by atoms with van der Waals surface area (Å²) in [7, 11) is 0. The molecule has 0 aliphatic carbocycles. The van der Waals surface area contributed by atoms with E-state index < -0.39 is 0 Å². The molecule has 1 atom stereocenters. The van der Waals surface area contributed by atoms with Gasteiger partial charge in [-0.15, -0.1) is 0 Å². The van der Waals surface area contributed by atoms with Crippen LogP contribution in [0.2, 0.25) is 0 Å². The Balaban J connectivity index is 2.06. The van der Waals surface area contributed by atoms with Crippen molar-refractivity contribution in [3.8, 4) is 0 Å². The lowest BCUT2D eigenvalue weighted by molar-refractivity contribution is -0.120. The normalized spacial score (nSPS) is 22.7. The van der Waals surface area contributed by atoms with Crippen LogP contribution < -0.4 is 11.1 Å². The first kappa shape index (κ1) is 12.5.